The number of fused-ring (bicyclic) bond motifs is 1. The SMILES string of the molecule is CC1C2OC(=O)C3(F)CC1C(C)(C)C23. The lowest BCUT2D eigenvalue weighted by molar-refractivity contribution is -0.149. The summed E-state index contributed by atoms with van der Waals surface area (Å²) >= 11 is 0. The molecule has 2 aliphatic carbocycles. The molecule has 1 saturated heterocycles. The van der Waals surface area contributed by atoms with E-state index in [1.54, 1.807) is 0 Å². The van der Waals surface area contributed by atoms with E-state index in [-0.39, 0.29) is 17.4 Å². The Kier molecular flexibility index (Phi) is 1.24. The smallest absolute Gasteiger partial charge is 0.344 e. The summed E-state index contributed by atoms with van der Waals surface area (Å²) in [6, 6.07) is 0. The van der Waals surface area contributed by atoms with Crippen molar-refractivity contribution < 1.29 is 13.9 Å². The van der Waals surface area contributed by atoms with E-state index in [0.717, 1.165) is 0 Å². The van der Waals surface area contributed by atoms with Crippen molar-refractivity contribution in [1.29, 1.82) is 0 Å². The Morgan fingerprint density at radius 1 is 1.50 bits per heavy atom. The number of hydrogen-bond donors (Lipinski definition) is 0. The first-order chi connectivity index (χ1) is 6.39. The normalized spacial score (nSPS) is 57.9. The third-order valence-electron chi connectivity index (χ3n) is 4.83. The molecule has 78 valence electrons. The third-order valence-corrected chi connectivity index (χ3v) is 4.83. The molecule has 3 rings (SSSR count). The van der Waals surface area contributed by atoms with Gasteiger partial charge in [0.25, 0.3) is 0 Å². The van der Waals surface area contributed by atoms with Crippen molar-refractivity contribution >= 4 is 5.97 Å². The number of carbonyl (C=O) groups is 1. The molecule has 2 nitrogen and oxygen atoms in total. The fourth-order valence-electron chi connectivity index (χ4n) is 4.22. The van der Waals surface area contributed by atoms with Crippen molar-refractivity contribution in [2.75, 3.05) is 0 Å². The second-order valence-corrected chi connectivity index (χ2v) is 5.70. The van der Waals surface area contributed by atoms with Gasteiger partial charge in [0.05, 0.1) is 0 Å². The maximum Gasteiger partial charge on any atom is 0.344 e. The summed E-state index contributed by atoms with van der Waals surface area (Å²) in [5, 5.41) is 0. The Labute approximate surface area is 82.8 Å². The largest absolute Gasteiger partial charge is 0.459 e. The van der Waals surface area contributed by atoms with Crippen molar-refractivity contribution in [3.63, 3.8) is 0 Å². The molecule has 2 bridgehead atoms. The average Bonchev–Trinajstić information content (AvgIpc) is 2.48. The molecule has 3 aliphatic rings. The summed E-state index contributed by atoms with van der Waals surface area (Å²) in [4.78, 5) is 11.5. The predicted octanol–water partition coefficient (Wildman–Crippen LogP) is 1.93. The van der Waals surface area contributed by atoms with E-state index < -0.39 is 11.6 Å². The molecular weight excluding hydrogens is 183 g/mol. The van der Waals surface area contributed by atoms with Crippen molar-refractivity contribution in [3.05, 3.63) is 0 Å². The Balaban J connectivity index is 2.16. The molecule has 0 aromatic heterocycles. The molecule has 2 saturated carbocycles. The first-order valence-corrected chi connectivity index (χ1v) is 5.29. The van der Waals surface area contributed by atoms with Gasteiger partial charge in [-0.05, 0) is 23.7 Å². The molecule has 3 fully saturated rings. The van der Waals surface area contributed by atoms with Crippen LogP contribution in [0.3, 0.4) is 0 Å². The highest BCUT2D eigenvalue weighted by Gasteiger charge is 2.77. The van der Waals surface area contributed by atoms with Crippen molar-refractivity contribution in [2.45, 2.75) is 39.0 Å². The molecule has 0 amide bonds. The number of hydrogen-bond acceptors (Lipinski definition) is 2. The zero-order valence-electron chi connectivity index (χ0n) is 8.71. The van der Waals surface area contributed by atoms with Crippen LogP contribution in [0.5, 0.6) is 0 Å². The van der Waals surface area contributed by atoms with Crippen LogP contribution in [-0.4, -0.2) is 17.7 Å². The van der Waals surface area contributed by atoms with E-state index in [4.69, 9.17) is 4.74 Å². The van der Waals surface area contributed by atoms with E-state index in [9.17, 15) is 9.18 Å². The van der Waals surface area contributed by atoms with Gasteiger partial charge in [-0.2, -0.15) is 0 Å². The molecule has 0 aromatic carbocycles. The molecule has 1 heterocycles. The number of halogens is 1. The average molecular weight is 198 g/mol. The summed E-state index contributed by atoms with van der Waals surface area (Å²) in [5.41, 5.74) is -1.74. The number of ether oxygens (including phenoxy) is 1. The number of esters is 1. The van der Waals surface area contributed by atoms with E-state index in [1.807, 2.05) is 0 Å². The maximum absolute atomic E-state index is 14.4. The highest BCUT2D eigenvalue weighted by atomic mass is 19.1. The minimum atomic E-state index is -1.66. The maximum atomic E-state index is 14.4. The Morgan fingerprint density at radius 2 is 2.14 bits per heavy atom. The third kappa shape index (κ3) is 0.625. The second kappa shape index (κ2) is 2.00. The minimum Gasteiger partial charge on any atom is -0.459 e. The van der Waals surface area contributed by atoms with Gasteiger partial charge in [-0.3, -0.25) is 0 Å². The number of carbonyl (C=O) groups excluding carboxylic acids is 1. The van der Waals surface area contributed by atoms with Gasteiger partial charge in [0.15, 0.2) is 0 Å². The molecule has 14 heavy (non-hydrogen) atoms. The van der Waals surface area contributed by atoms with Crippen LogP contribution in [0.1, 0.15) is 27.2 Å². The molecular formula is C11H15FO2. The lowest BCUT2D eigenvalue weighted by atomic mass is 9.79. The summed E-state index contributed by atoms with van der Waals surface area (Å²) in [5.74, 6) is -0.186. The van der Waals surface area contributed by atoms with Crippen LogP contribution in [0.15, 0.2) is 0 Å². The van der Waals surface area contributed by atoms with Gasteiger partial charge in [0, 0.05) is 5.92 Å². The highest BCUT2D eigenvalue weighted by molar-refractivity contribution is 5.84. The summed E-state index contributed by atoms with van der Waals surface area (Å²) in [6.07, 6.45) is 0.211. The van der Waals surface area contributed by atoms with Crippen molar-refractivity contribution in [2.24, 2.45) is 23.2 Å². The molecule has 1 aliphatic heterocycles. The fraction of sp³-hybridized carbons (Fsp3) is 0.909. The fourth-order valence-corrected chi connectivity index (χ4v) is 4.22. The Morgan fingerprint density at radius 3 is 2.64 bits per heavy atom. The van der Waals surface area contributed by atoms with Crippen LogP contribution >= 0.6 is 0 Å². The molecule has 0 N–H and O–H groups in total. The first-order valence-electron chi connectivity index (χ1n) is 5.29. The quantitative estimate of drug-likeness (QED) is 0.556. The molecule has 3 heteroatoms. The molecule has 0 aromatic rings. The Bertz CT molecular complexity index is 325. The molecule has 5 atom stereocenters. The van der Waals surface area contributed by atoms with Gasteiger partial charge in [-0.15, -0.1) is 0 Å². The van der Waals surface area contributed by atoms with Crippen molar-refractivity contribution in [3.8, 4) is 0 Å². The van der Waals surface area contributed by atoms with Gasteiger partial charge in [0.1, 0.15) is 6.10 Å². The van der Waals surface area contributed by atoms with Crippen LogP contribution in [-0.2, 0) is 9.53 Å². The predicted molar refractivity (Wildman–Crippen MR) is 48.3 cm³/mol. The Hall–Kier alpha value is -0.600. The lowest BCUT2D eigenvalue weighted by Gasteiger charge is -2.24. The standard InChI is InChI=1S/C11H15FO2/c1-5-6-4-11(12)8(10(6,2)3)7(5)14-9(11)13/h5-8H,4H2,1-3H3. The van der Waals surface area contributed by atoms with Crippen LogP contribution in [0.25, 0.3) is 0 Å². The van der Waals surface area contributed by atoms with Crippen LogP contribution in [0, 0.1) is 23.2 Å². The molecule has 5 unspecified atom stereocenters. The topological polar surface area (TPSA) is 26.3 Å². The lowest BCUT2D eigenvalue weighted by Crippen LogP contribution is -2.38. The van der Waals surface area contributed by atoms with Gasteiger partial charge >= 0.3 is 5.97 Å². The van der Waals surface area contributed by atoms with Crippen LogP contribution in [0.2, 0.25) is 0 Å². The number of rotatable bonds is 0. The summed E-state index contributed by atoms with van der Waals surface area (Å²) in [7, 11) is 0. The minimum absolute atomic E-state index is 0.0784. The van der Waals surface area contributed by atoms with Gasteiger partial charge < -0.3 is 4.74 Å². The number of alkyl halides is 1. The van der Waals surface area contributed by atoms with Crippen LogP contribution in [0.4, 0.5) is 4.39 Å². The first kappa shape index (κ1) is 8.69. The summed E-state index contributed by atoms with van der Waals surface area (Å²) in [6.45, 7) is 6.22. The van der Waals surface area contributed by atoms with E-state index in [0.29, 0.717) is 18.3 Å². The van der Waals surface area contributed by atoms with Gasteiger partial charge in [-0.1, -0.05) is 20.8 Å². The monoisotopic (exact) mass is 198 g/mol. The highest BCUT2D eigenvalue weighted by Crippen LogP contribution is 2.69. The summed E-state index contributed by atoms with van der Waals surface area (Å²) < 4.78 is 19.5. The van der Waals surface area contributed by atoms with Gasteiger partial charge in [0.2, 0.25) is 5.67 Å². The molecule has 0 radical (unpaired) electrons. The molecule has 0 spiro atoms. The van der Waals surface area contributed by atoms with Crippen molar-refractivity contribution in [1.82, 2.24) is 0 Å². The van der Waals surface area contributed by atoms with E-state index >= 15 is 0 Å². The van der Waals surface area contributed by atoms with E-state index in [2.05, 4.69) is 20.8 Å². The second-order valence-electron chi connectivity index (χ2n) is 5.70. The zero-order valence-corrected chi connectivity index (χ0v) is 8.71. The zero-order chi connectivity index (χ0) is 10.3. The van der Waals surface area contributed by atoms with Crippen LogP contribution < -0.4 is 0 Å². The van der Waals surface area contributed by atoms with E-state index in [1.165, 1.54) is 0 Å². The van der Waals surface area contributed by atoms with Gasteiger partial charge in [-0.25, -0.2) is 9.18 Å².